The Morgan fingerprint density at radius 1 is 0.277 bits per heavy atom. The van der Waals surface area contributed by atoms with Gasteiger partial charge >= 0.3 is 0 Å². The first-order valence-electron chi connectivity index (χ1n) is 16.2. The van der Waals surface area contributed by atoms with Crippen LogP contribution in [0.3, 0.4) is 0 Å². The van der Waals surface area contributed by atoms with Gasteiger partial charge in [-0.05, 0) is 107 Å². The quantitative estimate of drug-likeness (QED) is 0.174. The molecule has 0 atom stereocenters. The number of fused-ring (bicyclic) bond motifs is 8. The number of thiophene rings is 1. The Kier molecular flexibility index (Phi) is 5.85. The van der Waals surface area contributed by atoms with Gasteiger partial charge in [0.05, 0.1) is 0 Å². The highest BCUT2D eigenvalue weighted by atomic mass is 32.1. The molecule has 0 aliphatic carbocycles. The van der Waals surface area contributed by atoms with Crippen molar-refractivity contribution in [2.45, 2.75) is 0 Å². The molecule has 9 aromatic carbocycles. The van der Waals surface area contributed by atoms with Gasteiger partial charge in [-0.15, -0.1) is 11.3 Å². The first kappa shape index (κ1) is 26.5. The van der Waals surface area contributed by atoms with E-state index >= 15 is 0 Å². The molecule has 0 fully saturated rings. The standard InChI is InChI=1S/C46H28S/c1-2-12-31-26-33(21-20-29(31)10-1)32-13-9-14-34(27-32)44-37-16-5-7-18-39(37)45(40-19-8-6-17-38(40)44)35-23-24-42-41(28-35)46-36-15-4-3-11-30(36)22-25-43(46)47-42/h1-28H. The summed E-state index contributed by atoms with van der Waals surface area (Å²) in [5, 5.41) is 12.9. The van der Waals surface area contributed by atoms with Crippen LogP contribution in [0.15, 0.2) is 170 Å². The largest absolute Gasteiger partial charge is 0.135 e. The molecule has 218 valence electrons. The molecule has 10 rings (SSSR count). The van der Waals surface area contributed by atoms with E-state index in [0.717, 1.165) is 0 Å². The van der Waals surface area contributed by atoms with Gasteiger partial charge in [0, 0.05) is 20.2 Å². The zero-order valence-electron chi connectivity index (χ0n) is 25.6. The fraction of sp³-hybridized carbons (Fsp3) is 0. The van der Waals surface area contributed by atoms with E-state index in [9.17, 15) is 0 Å². The van der Waals surface area contributed by atoms with Crippen molar-refractivity contribution in [1.29, 1.82) is 0 Å². The van der Waals surface area contributed by atoms with Gasteiger partial charge in [0.15, 0.2) is 0 Å². The molecule has 0 radical (unpaired) electrons. The first-order valence-corrected chi connectivity index (χ1v) is 17.0. The summed E-state index contributed by atoms with van der Waals surface area (Å²) in [6, 6.07) is 62.8. The van der Waals surface area contributed by atoms with Crippen LogP contribution in [0.25, 0.3) is 96.6 Å². The summed E-state index contributed by atoms with van der Waals surface area (Å²) < 4.78 is 2.67. The lowest BCUT2D eigenvalue weighted by atomic mass is 9.85. The van der Waals surface area contributed by atoms with Gasteiger partial charge in [0.2, 0.25) is 0 Å². The summed E-state index contributed by atoms with van der Waals surface area (Å²) in [6.07, 6.45) is 0. The minimum atomic E-state index is 1.23. The lowest BCUT2D eigenvalue weighted by Crippen LogP contribution is -1.91. The third kappa shape index (κ3) is 4.14. The van der Waals surface area contributed by atoms with E-state index < -0.39 is 0 Å². The average molecular weight is 613 g/mol. The van der Waals surface area contributed by atoms with Crippen molar-refractivity contribution in [2.75, 3.05) is 0 Å². The van der Waals surface area contributed by atoms with Crippen molar-refractivity contribution in [1.82, 2.24) is 0 Å². The lowest BCUT2D eigenvalue weighted by Gasteiger charge is -2.18. The fourth-order valence-electron chi connectivity index (χ4n) is 7.68. The van der Waals surface area contributed by atoms with Crippen LogP contribution in [0.2, 0.25) is 0 Å². The number of hydrogen-bond acceptors (Lipinski definition) is 1. The molecular weight excluding hydrogens is 585 g/mol. The maximum atomic E-state index is 2.44. The van der Waals surface area contributed by atoms with Gasteiger partial charge in [0.25, 0.3) is 0 Å². The highest BCUT2D eigenvalue weighted by molar-refractivity contribution is 7.26. The van der Waals surface area contributed by atoms with Gasteiger partial charge in [-0.1, -0.05) is 140 Å². The summed E-state index contributed by atoms with van der Waals surface area (Å²) in [5.74, 6) is 0. The van der Waals surface area contributed by atoms with Crippen LogP contribution in [-0.2, 0) is 0 Å². The Balaban J connectivity index is 1.23. The maximum Gasteiger partial charge on any atom is 0.0361 e. The van der Waals surface area contributed by atoms with Crippen LogP contribution in [-0.4, -0.2) is 0 Å². The van der Waals surface area contributed by atoms with Crippen molar-refractivity contribution in [3.05, 3.63) is 170 Å². The normalized spacial score (nSPS) is 11.8. The Morgan fingerprint density at radius 3 is 1.51 bits per heavy atom. The molecule has 1 aromatic heterocycles. The smallest absolute Gasteiger partial charge is 0.0361 e. The van der Waals surface area contributed by atoms with Gasteiger partial charge in [-0.25, -0.2) is 0 Å². The predicted octanol–water partition coefficient (Wildman–Crippen LogP) is 13.7. The topological polar surface area (TPSA) is 0 Å². The summed E-state index contributed by atoms with van der Waals surface area (Å²) in [4.78, 5) is 0. The number of hydrogen-bond donors (Lipinski definition) is 0. The Morgan fingerprint density at radius 2 is 0.787 bits per heavy atom. The van der Waals surface area contributed by atoms with E-state index in [1.807, 2.05) is 11.3 Å². The van der Waals surface area contributed by atoms with Crippen LogP contribution in [0.5, 0.6) is 0 Å². The van der Waals surface area contributed by atoms with Crippen LogP contribution in [0.1, 0.15) is 0 Å². The highest BCUT2D eigenvalue weighted by Crippen LogP contribution is 2.46. The van der Waals surface area contributed by atoms with Crippen LogP contribution < -0.4 is 0 Å². The minimum Gasteiger partial charge on any atom is -0.135 e. The van der Waals surface area contributed by atoms with E-state index in [1.165, 1.54) is 96.6 Å². The van der Waals surface area contributed by atoms with E-state index in [0.29, 0.717) is 0 Å². The van der Waals surface area contributed by atoms with Crippen LogP contribution in [0, 0.1) is 0 Å². The molecule has 0 unspecified atom stereocenters. The third-order valence-corrected chi connectivity index (χ3v) is 10.9. The molecule has 10 aromatic rings. The highest BCUT2D eigenvalue weighted by Gasteiger charge is 2.18. The van der Waals surface area contributed by atoms with Gasteiger partial charge < -0.3 is 0 Å². The molecule has 0 aliphatic heterocycles. The van der Waals surface area contributed by atoms with Gasteiger partial charge in [-0.3, -0.25) is 0 Å². The SMILES string of the molecule is c1cc(-c2ccc3ccccc3c2)cc(-c2c3ccccc3c(-c3ccc4sc5ccc6ccccc6c5c4c3)c3ccccc23)c1. The molecule has 0 aliphatic rings. The average Bonchev–Trinajstić information content (AvgIpc) is 3.52. The lowest BCUT2D eigenvalue weighted by molar-refractivity contribution is 1.63. The van der Waals surface area contributed by atoms with E-state index in [2.05, 4.69) is 170 Å². The Hall–Kier alpha value is -5.76. The molecule has 1 heteroatoms. The van der Waals surface area contributed by atoms with Gasteiger partial charge in [-0.2, -0.15) is 0 Å². The second-order valence-electron chi connectivity index (χ2n) is 12.5. The summed E-state index contributed by atoms with van der Waals surface area (Å²) in [5.41, 5.74) is 7.55. The van der Waals surface area contributed by atoms with E-state index in [4.69, 9.17) is 0 Å². The van der Waals surface area contributed by atoms with Crippen molar-refractivity contribution in [3.8, 4) is 33.4 Å². The second-order valence-corrected chi connectivity index (χ2v) is 13.5. The zero-order valence-corrected chi connectivity index (χ0v) is 26.4. The maximum absolute atomic E-state index is 2.44. The summed E-state index contributed by atoms with van der Waals surface area (Å²) in [6.45, 7) is 0. The minimum absolute atomic E-state index is 1.23. The van der Waals surface area contributed by atoms with E-state index in [1.54, 1.807) is 0 Å². The third-order valence-electron chi connectivity index (χ3n) is 9.81. The number of benzene rings is 9. The molecule has 0 saturated heterocycles. The Bertz CT molecular complexity index is 2800. The van der Waals surface area contributed by atoms with Crippen LogP contribution >= 0.6 is 11.3 Å². The molecule has 0 saturated carbocycles. The summed E-state index contributed by atoms with van der Waals surface area (Å²) in [7, 11) is 0. The van der Waals surface area contributed by atoms with Crippen molar-refractivity contribution in [2.24, 2.45) is 0 Å². The molecule has 47 heavy (non-hydrogen) atoms. The predicted molar refractivity (Wildman–Crippen MR) is 206 cm³/mol. The van der Waals surface area contributed by atoms with Crippen LogP contribution in [0.4, 0.5) is 0 Å². The molecule has 0 spiro atoms. The molecule has 0 nitrogen and oxygen atoms in total. The molecule has 0 bridgehead atoms. The van der Waals surface area contributed by atoms with Crippen molar-refractivity contribution in [3.63, 3.8) is 0 Å². The second kappa shape index (κ2) is 10.4. The zero-order chi connectivity index (χ0) is 30.9. The van der Waals surface area contributed by atoms with Crippen molar-refractivity contribution < 1.29 is 0 Å². The first-order chi connectivity index (χ1) is 23.3. The molecule has 1 heterocycles. The van der Waals surface area contributed by atoms with Gasteiger partial charge in [0.1, 0.15) is 0 Å². The molecular formula is C46H28S. The summed E-state index contributed by atoms with van der Waals surface area (Å²) >= 11 is 1.89. The monoisotopic (exact) mass is 612 g/mol. The Labute approximate surface area is 276 Å². The van der Waals surface area contributed by atoms with Crippen molar-refractivity contribution >= 4 is 74.6 Å². The fourth-order valence-corrected chi connectivity index (χ4v) is 8.78. The molecule has 0 amide bonds. The van der Waals surface area contributed by atoms with E-state index in [-0.39, 0.29) is 0 Å². The molecule has 0 N–H and O–H groups in total. The number of rotatable bonds is 3.